The number of halogens is 1. The van der Waals surface area contributed by atoms with Crippen LogP contribution in [-0.2, 0) is 7.05 Å². The fraction of sp³-hybridized carbons (Fsp3) is 0.333. The summed E-state index contributed by atoms with van der Waals surface area (Å²) in [4.78, 5) is 4.21. The third-order valence-corrected chi connectivity index (χ3v) is 3.99. The largest absolute Gasteiger partial charge is 0.268 e. The number of rotatable bonds is 3. The van der Waals surface area contributed by atoms with Crippen molar-refractivity contribution in [3.05, 3.63) is 33.0 Å². The molecule has 1 fully saturated rings. The van der Waals surface area contributed by atoms with E-state index in [9.17, 15) is 0 Å². The van der Waals surface area contributed by atoms with Gasteiger partial charge in [-0.05, 0) is 30.9 Å². The van der Waals surface area contributed by atoms with Crippen molar-refractivity contribution in [1.29, 1.82) is 0 Å². The molecule has 5 heteroatoms. The Morgan fingerprint density at radius 1 is 1.41 bits per heavy atom. The summed E-state index contributed by atoms with van der Waals surface area (Å²) >= 11 is 7.33. The minimum absolute atomic E-state index is 0.711. The van der Waals surface area contributed by atoms with E-state index in [-0.39, 0.29) is 0 Å². The smallest absolute Gasteiger partial charge is 0.117 e. The van der Waals surface area contributed by atoms with Crippen LogP contribution >= 0.6 is 22.9 Å². The number of nitrogens with zero attached hydrogens (tertiary/aromatic N) is 3. The Balaban J connectivity index is 1.89. The summed E-state index contributed by atoms with van der Waals surface area (Å²) in [6, 6.07) is 0. The maximum atomic E-state index is 5.85. The first-order valence-electron chi connectivity index (χ1n) is 5.55. The van der Waals surface area contributed by atoms with Gasteiger partial charge in [0.05, 0.1) is 18.1 Å². The van der Waals surface area contributed by atoms with Gasteiger partial charge in [0, 0.05) is 12.6 Å². The maximum absolute atomic E-state index is 5.85. The molecule has 3 nitrogen and oxygen atoms in total. The predicted octanol–water partition coefficient (Wildman–Crippen LogP) is 3.58. The molecule has 2 aromatic rings. The SMILES string of the molecule is Cn1ncc(C2CC2)c1/C=C/c1ncc(Cl)s1. The van der Waals surface area contributed by atoms with E-state index in [0.29, 0.717) is 5.92 Å². The van der Waals surface area contributed by atoms with Gasteiger partial charge in [-0.15, -0.1) is 11.3 Å². The van der Waals surface area contributed by atoms with Crippen molar-refractivity contribution < 1.29 is 0 Å². The molecule has 3 rings (SSSR count). The fourth-order valence-electron chi connectivity index (χ4n) is 1.87. The molecule has 0 radical (unpaired) electrons. The highest BCUT2D eigenvalue weighted by atomic mass is 35.5. The summed E-state index contributed by atoms with van der Waals surface area (Å²) in [5.74, 6) is 0.711. The zero-order valence-corrected chi connectivity index (χ0v) is 11.0. The second kappa shape index (κ2) is 4.27. The van der Waals surface area contributed by atoms with Crippen molar-refractivity contribution in [2.75, 3.05) is 0 Å². The standard InChI is InChI=1S/C12H12ClN3S/c1-16-10(9(6-15-16)8-2-3-8)4-5-12-14-7-11(13)17-12/h4-8H,2-3H2,1H3/b5-4+. The summed E-state index contributed by atoms with van der Waals surface area (Å²) < 4.78 is 2.64. The van der Waals surface area contributed by atoms with Gasteiger partial charge < -0.3 is 0 Å². The molecule has 0 aromatic carbocycles. The molecule has 1 aliphatic carbocycles. The Labute approximate surface area is 109 Å². The molecule has 0 N–H and O–H groups in total. The summed E-state index contributed by atoms with van der Waals surface area (Å²) in [5.41, 5.74) is 2.53. The zero-order chi connectivity index (χ0) is 11.8. The molecule has 88 valence electrons. The van der Waals surface area contributed by atoms with Crippen LogP contribution in [0.15, 0.2) is 12.4 Å². The molecule has 0 unspecified atom stereocenters. The lowest BCUT2D eigenvalue weighted by Crippen LogP contribution is -1.94. The number of thiazole rings is 1. The number of aryl methyl sites for hydroxylation is 1. The predicted molar refractivity (Wildman–Crippen MR) is 71.2 cm³/mol. The average molecular weight is 266 g/mol. The lowest BCUT2D eigenvalue weighted by Gasteiger charge is -1.98. The van der Waals surface area contributed by atoms with Gasteiger partial charge in [-0.2, -0.15) is 5.10 Å². The van der Waals surface area contributed by atoms with Crippen molar-refractivity contribution in [2.24, 2.45) is 7.05 Å². The van der Waals surface area contributed by atoms with Crippen molar-refractivity contribution in [3.8, 4) is 0 Å². The average Bonchev–Trinajstić information content (AvgIpc) is 2.97. The number of hydrogen-bond donors (Lipinski definition) is 0. The zero-order valence-electron chi connectivity index (χ0n) is 9.43. The van der Waals surface area contributed by atoms with Gasteiger partial charge in [0.15, 0.2) is 0 Å². The molecular formula is C12H12ClN3S. The number of hydrogen-bond acceptors (Lipinski definition) is 3. The third kappa shape index (κ3) is 2.28. The first kappa shape index (κ1) is 11.0. The van der Waals surface area contributed by atoms with E-state index in [0.717, 1.165) is 9.34 Å². The molecule has 0 saturated heterocycles. The van der Waals surface area contributed by atoms with E-state index < -0.39 is 0 Å². The van der Waals surface area contributed by atoms with E-state index >= 15 is 0 Å². The van der Waals surface area contributed by atoms with Gasteiger partial charge in [-0.1, -0.05) is 11.6 Å². The second-order valence-electron chi connectivity index (χ2n) is 4.22. The Kier molecular flexibility index (Phi) is 2.76. The minimum atomic E-state index is 0.711. The van der Waals surface area contributed by atoms with E-state index in [1.807, 2.05) is 24.0 Å². The molecule has 0 amide bonds. The summed E-state index contributed by atoms with van der Waals surface area (Å²) in [6.07, 6.45) is 10.3. The van der Waals surface area contributed by atoms with Gasteiger partial charge in [0.1, 0.15) is 9.34 Å². The monoisotopic (exact) mass is 265 g/mol. The van der Waals surface area contributed by atoms with Crippen LogP contribution in [0, 0.1) is 0 Å². The Morgan fingerprint density at radius 2 is 2.24 bits per heavy atom. The molecule has 0 bridgehead atoms. The normalized spacial score (nSPS) is 15.9. The van der Waals surface area contributed by atoms with Crippen LogP contribution in [0.4, 0.5) is 0 Å². The maximum Gasteiger partial charge on any atom is 0.117 e. The van der Waals surface area contributed by atoms with Gasteiger partial charge in [0.2, 0.25) is 0 Å². The molecule has 0 spiro atoms. The highest BCUT2D eigenvalue weighted by Gasteiger charge is 2.27. The Bertz CT molecular complexity index is 566. The molecule has 1 saturated carbocycles. The van der Waals surface area contributed by atoms with E-state index in [1.54, 1.807) is 6.20 Å². The van der Waals surface area contributed by atoms with Gasteiger partial charge in [0.25, 0.3) is 0 Å². The third-order valence-electron chi connectivity index (χ3n) is 2.91. The lowest BCUT2D eigenvalue weighted by atomic mass is 10.1. The molecule has 17 heavy (non-hydrogen) atoms. The van der Waals surface area contributed by atoms with Crippen molar-refractivity contribution in [1.82, 2.24) is 14.8 Å². The highest BCUT2D eigenvalue weighted by molar-refractivity contribution is 7.16. The van der Waals surface area contributed by atoms with Gasteiger partial charge >= 0.3 is 0 Å². The second-order valence-corrected chi connectivity index (χ2v) is 5.91. The first-order chi connectivity index (χ1) is 8.24. The van der Waals surface area contributed by atoms with Crippen LogP contribution in [0.3, 0.4) is 0 Å². The fourth-order valence-corrected chi connectivity index (χ4v) is 2.70. The van der Waals surface area contributed by atoms with Crippen LogP contribution in [0.25, 0.3) is 12.2 Å². The topological polar surface area (TPSA) is 30.7 Å². The van der Waals surface area contributed by atoms with Gasteiger partial charge in [-0.3, -0.25) is 4.68 Å². The Hall–Kier alpha value is -1.13. The summed E-state index contributed by atoms with van der Waals surface area (Å²) in [6.45, 7) is 0. The Morgan fingerprint density at radius 3 is 2.88 bits per heavy atom. The number of aromatic nitrogens is 3. The summed E-state index contributed by atoms with van der Waals surface area (Å²) in [5, 5.41) is 5.25. The molecule has 0 aliphatic heterocycles. The molecule has 0 atom stereocenters. The van der Waals surface area contributed by atoms with Crippen molar-refractivity contribution >= 4 is 35.1 Å². The van der Waals surface area contributed by atoms with E-state index in [4.69, 9.17) is 11.6 Å². The van der Waals surface area contributed by atoms with Crippen LogP contribution < -0.4 is 0 Å². The van der Waals surface area contributed by atoms with E-state index in [1.165, 1.54) is 35.4 Å². The quantitative estimate of drug-likeness (QED) is 0.849. The molecule has 2 heterocycles. The minimum Gasteiger partial charge on any atom is -0.268 e. The molecular weight excluding hydrogens is 254 g/mol. The van der Waals surface area contributed by atoms with Crippen molar-refractivity contribution in [2.45, 2.75) is 18.8 Å². The van der Waals surface area contributed by atoms with Crippen LogP contribution in [0.5, 0.6) is 0 Å². The molecule has 1 aliphatic rings. The van der Waals surface area contributed by atoms with Crippen molar-refractivity contribution in [3.63, 3.8) is 0 Å². The van der Waals surface area contributed by atoms with Crippen LogP contribution in [0.2, 0.25) is 4.34 Å². The lowest BCUT2D eigenvalue weighted by molar-refractivity contribution is 0.758. The summed E-state index contributed by atoms with van der Waals surface area (Å²) in [7, 11) is 1.97. The van der Waals surface area contributed by atoms with Crippen LogP contribution in [-0.4, -0.2) is 14.8 Å². The van der Waals surface area contributed by atoms with Crippen LogP contribution in [0.1, 0.15) is 35.0 Å². The van der Waals surface area contributed by atoms with Gasteiger partial charge in [-0.25, -0.2) is 4.98 Å². The highest BCUT2D eigenvalue weighted by Crippen LogP contribution is 2.41. The molecule has 2 aromatic heterocycles. The first-order valence-corrected chi connectivity index (χ1v) is 6.75. The van der Waals surface area contributed by atoms with E-state index in [2.05, 4.69) is 16.2 Å².